The summed E-state index contributed by atoms with van der Waals surface area (Å²) in [5, 5.41) is 0.733. The lowest BCUT2D eigenvalue weighted by Crippen LogP contribution is -2.08. The summed E-state index contributed by atoms with van der Waals surface area (Å²) < 4.78 is 0. The van der Waals surface area contributed by atoms with Crippen molar-refractivity contribution in [3.05, 3.63) is 90.0 Å². The largest absolute Gasteiger partial charge is 0.378 e. The molecule has 0 unspecified atom stereocenters. The number of halogens is 1. The molecule has 0 aliphatic carbocycles. The fourth-order valence-corrected chi connectivity index (χ4v) is 3.62. The van der Waals surface area contributed by atoms with Gasteiger partial charge in [0.15, 0.2) is 0 Å². The Labute approximate surface area is 189 Å². The highest BCUT2D eigenvalue weighted by Gasteiger charge is 2.10. The van der Waals surface area contributed by atoms with E-state index in [4.69, 9.17) is 16.6 Å². The molecule has 0 fully saturated rings. The maximum Gasteiger partial charge on any atom is 0.0715 e. The standard InChI is InChI=1S/C27H26ClN3/c1-30(2)24-13-7-20(8-14-24)26-17-22(19-5-11-23(28)12-6-19)18-27(29-26)21-9-15-25(16-10-21)31(3)4/h5-18H,1-4H3. The van der Waals surface area contributed by atoms with Gasteiger partial charge in [-0.2, -0.15) is 0 Å². The fourth-order valence-electron chi connectivity index (χ4n) is 3.50. The smallest absolute Gasteiger partial charge is 0.0715 e. The molecule has 0 aliphatic heterocycles. The van der Waals surface area contributed by atoms with Gasteiger partial charge in [-0.25, -0.2) is 4.98 Å². The zero-order valence-electron chi connectivity index (χ0n) is 18.3. The normalized spacial score (nSPS) is 10.7. The first-order valence-corrected chi connectivity index (χ1v) is 10.6. The van der Waals surface area contributed by atoms with Crippen LogP contribution in [0.25, 0.3) is 33.6 Å². The minimum Gasteiger partial charge on any atom is -0.378 e. The Balaban J connectivity index is 1.83. The summed E-state index contributed by atoms with van der Waals surface area (Å²) in [7, 11) is 8.18. The summed E-state index contributed by atoms with van der Waals surface area (Å²) in [5.41, 5.74) is 8.64. The predicted octanol–water partition coefficient (Wildman–Crippen LogP) is 6.87. The first-order valence-electron chi connectivity index (χ1n) is 10.2. The van der Waals surface area contributed by atoms with Crippen LogP contribution >= 0.6 is 11.6 Å². The number of aromatic nitrogens is 1. The van der Waals surface area contributed by atoms with Crippen molar-refractivity contribution in [3.8, 4) is 33.6 Å². The third-order valence-electron chi connectivity index (χ3n) is 5.36. The molecule has 0 radical (unpaired) electrons. The molecule has 0 saturated carbocycles. The second-order valence-electron chi connectivity index (χ2n) is 8.02. The third-order valence-corrected chi connectivity index (χ3v) is 5.61. The Hall–Kier alpha value is -3.30. The van der Waals surface area contributed by atoms with Gasteiger partial charge in [-0.15, -0.1) is 0 Å². The second kappa shape index (κ2) is 8.83. The van der Waals surface area contributed by atoms with Gasteiger partial charge in [-0.3, -0.25) is 0 Å². The van der Waals surface area contributed by atoms with Crippen molar-refractivity contribution < 1.29 is 0 Å². The van der Waals surface area contributed by atoms with E-state index in [-0.39, 0.29) is 0 Å². The Kier molecular flexibility index (Phi) is 5.97. The van der Waals surface area contributed by atoms with Crippen LogP contribution in [0.3, 0.4) is 0 Å². The Morgan fingerprint density at radius 1 is 0.516 bits per heavy atom. The van der Waals surface area contributed by atoms with Gasteiger partial charge in [0, 0.05) is 55.7 Å². The first-order chi connectivity index (χ1) is 14.9. The van der Waals surface area contributed by atoms with E-state index >= 15 is 0 Å². The minimum atomic E-state index is 0.733. The Morgan fingerprint density at radius 3 is 1.29 bits per heavy atom. The highest BCUT2D eigenvalue weighted by Crippen LogP contribution is 2.32. The van der Waals surface area contributed by atoms with Crippen molar-refractivity contribution in [3.63, 3.8) is 0 Å². The van der Waals surface area contributed by atoms with E-state index in [1.54, 1.807) is 0 Å². The van der Waals surface area contributed by atoms with Gasteiger partial charge < -0.3 is 9.80 Å². The molecular weight excluding hydrogens is 402 g/mol. The highest BCUT2D eigenvalue weighted by molar-refractivity contribution is 6.30. The number of rotatable bonds is 5. The summed E-state index contributed by atoms with van der Waals surface area (Å²) in [6.07, 6.45) is 0. The molecule has 0 atom stereocenters. The van der Waals surface area contributed by atoms with Gasteiger partial charge in [0.05, 0.1) is 11.4 Å². The van der Waals surface area contributed by atoms with Crippen LogP contribution in [0.15, 0.2) is 84.9 Å². The van der Waals surface area contributed by atoms with Crippen molar-refractivity contribution in [2.45, 2.75) is 0 Å². The first kappa shape index (κ1) is 21.0. The van der Waals surface area contributed by atoms with Crippen LogP contribution in [0, 0.1) is 0 Å². The maximum absolute atomic E-state index is 6.11. The minimum absolute atomic E-state index is 0.733. The van der Waals surface area contributed by atoms with Crippen LogP contribution in [-0.2, 0) is 0 Å². The summed E-state index contributed by atoms with van der Waals surface area (Å²) in [5.74, 6) is 0. The molecule has 1 heterocycles. The van der Waals surface area contributed by atoms with Gasteiger partial charge in [-0.1, -0.05) is 48.0 Å². The lowest BCUT2D eigenvalue weighted by Gasteiger charge is -2.15. The van der Waals surface area contributed by atoms with Gasteiger partial charge in [0.2, 0.25) is 0 Å². The molecular formula is C27H26ClN3. The van der Waals surface area contributed by atoms with E-state index in [0.717, 1.165) is 50.0 Å². The monoisotopic (exact) mass is 427 g/mol. The van der Waals surface area contributed by atoms with E-state index < -0.39 is 0 Å². The number of nitrogens with zero attached hydrogens (tertiary/aromatic N) is 3. The highest BCUT2D eigenvalue weighted by atomic mass is 35.5. The number of pyridine rings is 1. The van der Waals surface area contributed by atoms with Crippen molar-refractivity contribution >= 4 is 23.0 Å². The Morgan fingerprint density at radius 2 is 0.903 bits per heavy atom. The van der Waals surface area contributed by atoms with E-state index in [1.807, 2.05) is 40.3 Å². The molecule has 4 rings (SSSR count). The molecule has 4 aromatic rings. The summed E-state index contributed by atoms with van der Waals surface area (Å²) in [6.45, 7) is 0. The van der Waals surface area contributed by atoms with Crippen molar-refractivity contribution in [1.82, 2.24) is 4.98 Å². The van der Waals surface area contributed by atoms with Crippen LogP contribution < -0.4 is 9.80 Å². The number of benzene rings is 3. The summed E-state index contributed by atoms with van der Waals surface area (Å²) >= 11 is 6.11. The molecule has 0 spiro atoms. The van der Waals surface area contributed by atoms with Gasteiger partial charge in [0.1, 0.15) is 0 Å². The zero-order valence-corrected chi connectivity index (χ0v) is 19.1. The number of hydrogen-bond acceptors (Lipinski definition) is 3. The molecule has 156 valence electrons. The van der Waals surface area contributed by atoms with Crippen LogP contribution in [-0.4, -0.2) is 33.2 Å². The lowest BCUT2D eigenvalue weighted by molar-refractivity contribution is 1.13. The maximum atomic E-state index is 6.11. The van der Waals surface area contributed by atoms with E-state index in [0.29, 0.717) is 0 Å². The molecule has 4 heteroatoms. The van der Waals surface area contributed by atoms with Crippen LogP contribution in [0.5, 0.6) is 0 Å². The van der Waals surface area contributed by atoms with E-state index in [1.165, 1.54) is 0 Å². The Bertz CT molecular complexity index is 1090. The van der Waals surface area contributed by atoms with Gasteiger partial charge >= 0.3 is 0 Å². The fraction of sp³-hybridized carbons (Fsp3) is 0.148. The van der Waals surface area contributed by atoms with Crippen molar-refractivity contribution in [2.75, 3.05) is 38.0 Å². The molecule has 0 aliphatic rings. The molecule has 0 saturated heterocycles. The summed E-state index contributed by atoms with van der Waals surface area (Å²) in [6, 6.07) is 29.2. The molecule has 0 bridgehead atoms. The van der Waals surface area contributed by atoms with Crippen molar-refractivity contribution in [2.24, 2.45) is 0 Å². The molecule has 1 aromatic heterocycles. The third kappa shape index (κ3) is 4.73. The summed E-state index contributed by atoms with van der Waals surface area (Å²) in [4.78, 5) is 9.21. The lowest BCUT2D eigenvalue weighted by atomic mass is 10.00. The molecule has 3 nitrogen and oxygen atoms in total. The molecule has 3 aromatic carbocycles. The van der Waals surface area contributed by atoms with Crippen LogP contribution in [0.2, 0.25) is 5.02 Å². The zero-order chi connectivity index (χ0) is 22.0. The van der Waals surface area contributed by atoms with E-state index in [9.17, 15) is 0 Å². The quantitative estimate of drug-likeness (QED) is 0.346. The average Bonchev–Trinajstić information content (AvgIpc) is 2.79. The van der Waals surface area contributed by atoms with Crippen LogP contribution in [0.1, 0.15) is 0 Å². The van der Waals surface area contributed by atoms with E-state index in [2.05, 4.69) is 82.6 Å². The second-order valence-corrected chi connectivity index (χ2v) is 8.45. The topological polar surface area (TPSA) is 19.4 Å². The number of anilines is 2. The number of hydrogen-bond donors (Lipinski definition) is 0. The predicted molar refractivity (Wildman–Crippen MR) is 134 cm³/mol. The SMILES string of the molecule is CN(C)c1ccc(-c2cc(-c3ccc(Cl)cc3)cc(-c3ccc(N(C)C)cc3)n2)cc1. The molecule has 0 N–H and O–H groups in total. The molecule has 31 heavy (non-hydrogen) atoms. The van der Waals surface area contributed by atoms with Gasteiger partial charge in [0.25, 0.3) is 0 Å². The van der Waals surface area contributed by atoms with Gasteiger partial charge in [-0.05, 0) is 59.7 Å². The van der Waals surface area contributed by atoms with Crippen molar-refractivity contribution in [1.29, 1.82) is 0 Å². The van der Waals surface area contributed by atoms with Crippen LogP contribution in [0.4, 0.5) is 11.4 Å². The molecule has 0 amide bonds. The average molecular weight is 428 g/mol.